The van der Waals surface area contributed by atoms with Gasteiger partial charge < -0.3 is 19.6 Å². The van der Waals surface area contributed by atoms with E-state index in [0.29, 0.717) is 24.5 Å². The first-order valence-corrected chi connectivity index (χ1v) is 10.6. The third-order valence-corrected chi connectivity index (χ3v) is 6.11. The number of nitrogens with one attached hydrogen (secondary N) is 1. The molecule has 2 aliphatic heterocycles. The summed E-state index contributed by atoms with van der Waals surface area (Å²) in [5.41, 5.74) is 1.38. The SMILES string of the molecule is C[C@H](NC(=O)N1CC2CC1CN2c1ccc(-c2noc(C(F)(F)F)n2)cn1)c1ccccc1. The molecule has 3 aromatic rings. The van der Waals surface area contributed by atoms with Crippen LogP contribution in [0, 0.1) is 0 Å². The molecule has 2 amide bonds. The largest absolute Gasteiger partial charge is 0.471 e. The summed E-state index contributed by atoms with van der Waals surface area (Å²) >= 11 is 0. The predicted molar refractivity (Wildman–Crippen MR) is 112 cm³/mol. The van der Waals surface area contributed by atoms with E-state index in [-0.39, 0.29) is 30.0 Å². The first-order chi connectivity index (χ1) is 15.8. The van der Waals surface area contributed by atoms with Crippen LogP contribution in [-0.4, -0.2) is 51.2 Å². The second-order valence-corrected chi connectivity index (χ2v) is 8.26. The van der Waals surface area contributed by atoms with Crippen molar-refractivity contribution in [3.63, 3.8) is 0 Å². The lowest BCUT2D eigenvalue weighted by Gasteiger charge is -2.35. The van der Waals surface area contributed by atoms with Crippen molar-refractivity contribution in [3.05, 3.63) is 60.1 Å². The van der Waals surface area contributed by atoms with Crippen LogP contribution in [0.25, 0.3) is 11.4 Å². The van der Waals surface area contributed by atoms with Gasteiger partial charge in [-0.05, 0) is 31.0 Å². The quantitative estimate of drug-likeness (QED) is 0.639. The lowest BCUT2D eigenvalue weighted by Crippen LogP contribution is -2.52. The van der Waals surface area contributed by atoms with Gasteiger partial charge in [0, 0.05) is 24.8 Å². The zero-order chi connectivity index (χ0) is 23.2. The number of benzene rings is 1. The molecule has 2 aliphatic rings. The van der Waals surface area contributed by atoms with Crippen LogP contribution in [0.5, 0.6) is 0 Å². The first-order valence-electron chi connectivity index (χ1n) is 10.6. The number of rotatable bonds is 4. The number of amides is 2. The Morgan fingerprint density at radius 2 is 1.94 bits per heavy atom. The van der Waals surface area contributed by atoms with Gasteiger partial charge in [0.1, 0.15) is 5.82 Å². The highest BCUT2D eigenvalue weighted by atomic mass is 19.4. The van der Waals surface area contributed by atoms with Crippen molar-refractivity contribution in [1.29, 1.82) is 0 Å². The molecule has 3 atom stereocenters. The minimum absolute atomic E-state index is 0.0750. The van der Waals surface area contributed by atoms with Crippen LogP contribution in [-0.2, 0) is 6.18 Å². The van der Waals surface area contributed by atoms with Crippen LogP contribution in [0.15, 0.2) is 53.2 Å². The van der Waals surface area contributed by atoms with Gasteiger partial charge in [-0.15, -0.1) is 0 Å². The lowest BCUT2D eigenvalue weighted by molar-refractivity contribution is -0.159. The molecular weight excluding hydrogens is 437 g/mol. The summed E-state index contributed by atoms with van der Waals surface area (Å²) in [7, 11) is 0. The zero-order valence-electron chi connectivity index (χ0n) is 17.7. The molecular formula is C22H21F3N6O2. The van der Waals surface area contributed by atoms with E-state index in [0.717, 1.165) is 12.0 Å². The molecule has 5 rings (SSSR count). The summed E-state index contributed by atoms with van der Waals surface area (Å²) in [5, 5.41) is 6.45. The summed E-state index contributed by atoms with van der Waals surface area (Å²) in [5.74, 6) is -0.860. The normalized spacial score (nSPS) is 20.8. The van der Waals surface area contributed by atoms with E-state index in [1.54, 1.807) is 12.1 Å². The molecule has 2 bridgehead atoms. The van der Waals surface area contributed by atoms with Crippen molar-refractivity contribution in [2.45, 2.75) is 37.6 Å². The number of carbonyl (C=O) groups excluding carboxylic acids is 1. The third kappa shape index (κ3) is 4.10. The maximum Gasteiger partial charge on any atom is 0.471 e. The van der Waals surface area contributed by atoms with Crippen LogP contribution in [0.1, 0.15) is 30.8 Å². The zero-order valence-corrected chi connectivity index (χ0v) is 17.7. The van der Waals surface area contributed by atoms with Crippen molar-refractivity contribution in [2.75, 3.05) is 18.0 Å². The fourth-order valence-corrected chi connectivity index (χ4v) is 4.43. The fourth-order valence-electron chi connectivity index (χ4n) is 4.43. The van der Waals surface area contributed by atoms with Gasteiger partial charge in [0.25, 0.3) is 0 Å². The number of fused-ring (bicyclic) bond motifs is 2. The Kier molecular flexibility index (Phi) is 5.18. The maximum atomic E-state index is 12.8. The standard InChI is InChI=1S/C22H21F3N6O2/c1-13(14-5-3-2-4-6-14)27-21(32)31-12-16-9-17(31)11-30(16)18-8-7-15(10-26-18)19-28-20(33-29-19)22(23,24)25/h2-8,10,13,16-17H,9,11-12H2,1H3,(H,27,32)/t13-,16?,17?/m0/s1. The number of nitrogens with zero attached hydrogens (tertiary/aromatic N) is 5. The van der Waals surface area contributed by atoms with Crippen molar-refractivity contribution in [3.8, 4) is 11.4 Å². The Labute approximate surface area is 187 Å². The number of hydrogen-bond donors (Lipinski definition) is 1. The molecule has 172 valence electrons. The number of pyridine rings is 1. The average molecular weight is 458 g/mol. The van der Waals surface area contributed by atoms with Gasteiger partial charge in [0.2, 0.25) is 5.82 Å². The van der Waals surface area contributed by atoms with E-state index in [9.17, 15) is 18.0 Å². The summed E-state index contributed by atoms with van der Waals surface area (Å²) in [6, 6.07) is 13.2. The number of alkyl halides is 3. The van der Waals surface area contributed by atoms with E-state index in [1.807, 2.05) is 42.2 Å². The van der Waals surface area contributed by atoms with Crippen LogP contribution < -0.4 is 10.2 Å². The van der Waals surface area contributed by atoms with Crippen LogP contribution in [0.4, 0.5) is 23.8 Å². The van der Waals surface area contributed by atoms with Gasteiger partial charge in [-0.25, -0.2) is 9.78 Å². The van der Waals surface area contributed by atoms with E-state index in [4.69, 9.17) is 0 Å². The summed E-state index contributed by atoms with van der Waals surface area (Å²) < 4.78 is 42.3. The third-order valence-electron chi connectivity index (χ3n) is 6.11. The molecule has 0 radical (unpaired) electrons. The number of hydrogen-bond acceptors (Lipinski definition) is 6. The summed E-state index contributed by atoms with van der Waals surface area (Å²) in [4.78, 5) is 24.6. The smallest absolute Gasteiger partial charge is 0.350 e. The first kappa shape index (κ1) is 21.2. The summed E-state index contributed by atoms with van der Waals surface area (Å²) in [6.45, 7) is 3.19. The van der Waals surface area contributed by atoms with E-state index >= 15 is 0 Å². The minimum Gasteiger partial charge on any atom is -0.350 e. The van der Waals surface area contributed by atoms with Gasteiger partial charge in [-0.3, -0.25) is 0 Å². The molecule has 1 N–H and O–H groups in total. The molecule has 1 aromatic carbocycles. The topological polar surface area (TPSA) is 87.4 Å². The predicted octanol–water partition coefficient (Wildman–Crippen LogP) is 3.88. The number of aromatic nitrogens is 3. The number of likely N-dealkylation sites (tertiary alicyclic amines) is 1. The maximum absolute atomic E-state index is 12.8. The fraction of sp³-hybridized carbons (Fsp3) is 0.364. The lowest BCUT2D eigenvalue weighted by atomic mass is 10.1. The Bertz CT molecular complexity index is 1140. The van der Waals surface area contributed by atoms with Crippen LogP contribution in [0.2, 0.25) is 0 Å². The molecule has 2 aromatic heterocycles. The van der Waals surface area contributed by atoms with Gasteiger partial charge in [0.15, 0.2) is 0 Å². The van der Waals surface area contributed by atoms with Crippen molar-refractivity contribution in [2.24, 2.45) is 0 Å². The number of halogens is 3. The van der Waals surface area contributed by atoms with Crippen molar-refractivity contribution in [1.82, 2.24) is 25.3 Å². The number of anilines is 1. The average Bonchev–Trinajstić information content (AvgIpc) is 3.55. The van der Waals surface area contributed by atoms with Crippen molar-refractivity contribution < 1.29 is 22.5 Å². The Morgan fingerprint density at radius 1 is 1.15 bits per heavy atom. The van der Waals surface area contributed by atoms with Crippen LogP contribution >= 0.6 is 0 Å². The Morgan fingerprint density at radius 3 is 2.55 bits per heavy atom. The number of urea groups is 1. The van der Waals surface area contributed by atoms with Gasteiger partial charge in [0.05, 0.1) is 18.1 Å². The second-order valence-electron chi connectivity index (χ2n) is 8.26. The van der Waals surface area contributed by atoms with E-state index in [2.05, 4.69) is 29.9 Å². The minimum atomic E-state index is -4.69. The Balaban J connectivity index is 1.21. The highest BCUT2D eigenvalue weighted by molar-refractivity contribution is 5.76. The van der Waals surface area contributed by atoms with Gasteiger partial charge in [-0.1, -0.05) is 35.5 Å². The summed E-state index contributed by atoms with van der Waals surface area (Å²) in [6.07, 6.45) is -2.42. The molecule has 4 heterocycles. The number of piperazine rings is 1. The highest BCUT2D eigenvalue weighted by Crippen LogP contribution is 2.35. The van der Waals surface area contributed by atoms with Gasteiger partial charge >= 0.3 is 18.1 Å². The second kappa shape index (κ2) is 8.05. The Hall–Kier alpha value is -3.63. The molecule has 33 heavy (non-hydrogen) atoms. The molecule has 0 aliphatic carbocycles. The molecule has 11 heteroatoms. The molecule has 2 saturated heterocycles. The molecule has 2 unspecified atom stereocenters. The molecule has 0 spiro atoms. The van der Waals surface area contributed by atoms with Crippen molar-refractivity contribution >= 4 is 11.8 Å². The number of carbonyl (C=O) groups is 1. The van der Waals surface area contributed by atoms with E-state index in [1.165, 1.54) is 6.20 Å². The van der Waals surface area contributed by atoms with Crippen LogP contribution in [0.3, 0.4) is 0 Å². The molecule has 0 saturated carbocycles. The van der Waals surface area contributed by atoms with Gasteiger partial charge in [-0.2, -0.15) is 18.2 Å². The van der Waals surface area contributed by atoms with E-state index < -0.39 is 12.1 Å². The highest BCUT2D eigenvalue weighted by Gasteiger charge is 2.46. The monoisotopic (exact) mass is 458 g/mol. The molecule has 8 nitrogen and oxygen atoms in total. The molecule has 2 fully saturated rings.